The van der Waals surface area contributed by atoms with E-state index in [1.165, 1.54) is 22.7 Å². The van der Waals surface area contributed by atoms with E-state index in [9.17, 15) is 0 Å². The Morgan fingerprint density at radius 3 is 2.58 bits per heavy atom. The van der Waals surface area contributed by atoms with Crippen molar-refractivity contribution in [2.45, 2.75) is 0 Å². The molecule has 3 aromatic heterocycles. The molecule has 0 saturated carbocycles. The number of nitrogens with zero attached hydrogens (tertiary/aromatic N) is 1. The van der Waals surface area contributed by atoms with Gasteiger partial charge >= 0.3 is 0 Å². The van der Waals surface area contributed by atoms with Crippen molar-refractivity contribution in [3.8, 4) is 26.3 Å². The molecule has 0 aliphatic heterocycles. The van der Waals surface area contributed by atoms with Crippen molar-refractivity contribution in [1.29, 1.82) is 5.26 Å². The molecule has 0 bridgehead atoms. The van der Waals surface area contributed by atoms with Gasteiger partial charge in [0.15, 0.2) is 0 Å². The molecule has 0 fully saturated rings. The van der Waals surface area contributed by atoms with E-state index in [2.05, 4.69) is 6.07 Å². The number of halogens is 1. The Morgan fingerprint density at radius 1 is 1.16 bits per heavy atom. The van der Waals surface area contributed by atoms with Crippen molar-refractivity contribution < 1.29 is 0 Å². The van der Waals surface area contributed by atoms with Gasteiger partial charge < -0.3 is 5.73 Å². The van der Waals surface area contributed by atoms with Crippen LogP contribution in [0.4, 0.5) is 5.69 Å². The lowest BCUT2D eigenvalue weighted by Gasteiger charge is -2.00. The molecule has 0 saturated heterocycles. The van der Waals surface area contributed by atoms with Gasteiger partial charge in [0.2, 0.25) is 0 Å². The minimum absolute atomic E-state index is 0.558. The maximum absolute atomic E-state index is 9.17. The quantitative estimate of drug-likeness (QED) is 0.694. The molecule has 3 aromatic rings. The summed E-state index contributed by atoms with van der Waals surface area (Å²) in [7, 11) is 0. The molecule has 3 heterocycles. The standard InChI is InChI=1S/C13H7ClN2S3/c14-10-4-3-8(18-10)13-11(7-2-1-5-17-7)12(16)9(6-15)19-13/h1-5H,16H2. The minimum Gasteiger partial charge on any atom is -0.396 e. The lowest BCUT2D eigenvalue weighted by molar-refractivity contribution is 1.52. The van der Waals surface area contributed by atoms with Crippen LogP contribution in [0.25, 0.3) is 20.2 Å². The minimum atomic E-state index is 0.558. The lowest BCUT2D eigenvalue weighted by Crippen LogP contribution is -1.87. The van der Waals surface area contributed by atoms with Gasteiger partial charge in [-0.2, -0.15) is 5.26 Å². The van der Waals surface area contributed by atoms with Crippen LogP contribution in [0.2, 0.25) is 4.34 Å². The zero-order valence-electron chi connectivity index (χ0n) is 9.51. The highest BCUT2D eigenvalue weighted by molar-refractivity contribution is 7.25. The molecule has 94 valence electrons. The normalized spacial score (nSPS) is 10.5. The Bertz CT molecular complexity index is 763. The van der Waals surface area contributed by atoms with Crippen LogP contribution in [0.3, 0.4) is 0 Å². The number of thiophene rings is 3. The van der Waals surface area contributed by atoms with Crippen LogP contribution in [0.1, 0.15) is 4.88 Å². The summed E-state index contributed by atoms with van der Waals surface area (Å²) in [6.45, 7) is 0. The van der Waals surface area contributed by atoms with Crippen molar-refractivity contribution >= 4 is 51.3 Å². The summed E-state index contributed by atoms with van der Waals surface area (Å²) in [5.41, 5.74) is 7.63. The van der Waals surface area contributed by atoms with Gasteiger partial charge in [-0.1, -0.05) is 17.7 Å². The third-order valence-corrected chi connectivity index (χ3v) is 6.02. The molecule has 3 rings (SSSR count). The second kappa shape index (κ2) is 4.99. The maximum Gasteiger partial charge on any atom is 0.129 e. The third kappa shape index (κ3) is 2.17. The van der Waals surface area contributed by atoms with Gasteiger partial charge in [-0.25, -0.2) is 0 Å². The van der Waals surface area contributed by atoms with E-state index in [-0.39, 0.29) is 0 Å². The van der Waals surface area contributed by atoms with Gasteiger partial charge in [0.05, 0.1) is 14.9 Å². The molecule has 2 N–H and O–H groups in total. The summed E-state index contributed by atoms with van der Waals surface area (Å²) in [5.74, 6) is 0. The molecule has 0 aromatic carbocycles. The molecular formula is C13H7ClN2S3. The molecule has 0 aliphatic carbocycles. The maximum atomic E-state index is 9.17. The van der Waals surface area contributed by atoms with E-state index in [1.54, 1.807) is 11.3 Å². The fourth-order valence-corrected chi connectivity index (χ4v) is 4.85. The Morgan fingerprint density at radius 2 is 2.00 bits per heavy atom. The van der Waals surface area contributed by atoms with Crippen LogP contribution in [0, 0.1) is 11.3 Å². The first-order valence-electron chi connectivity index (χ1n) is 5.32. The summed E-state index contributed by atoms with van der Waals surface area (Å²) >= 11 is 10.5. The van der Waals surface area contributed by atoms with Crippen molar-refractivity contribution in [1.82, 2.24) is 0 Å². The first-order chi connectivity index (χ1) is 9.20. The van der Waals surface area contributed by atoms with Gasteiger partial charge in [0.1, 0.15) is 10.9 Å². The van der Waals surface area contributed by atoms with E-state index in [0.717, 1.165) is 24.5 Å². The number of anilines is 1. The number of hydrogen-bond acceptors (Lipinski definition) is 5. The largest absolute Gasteiger partial charge is 0.396 e. The number of hydrogen-bond donors (Lipinski definition) is 1. The van der Waals surface area contributed by atoms with Crippen LogP contribution in [0.5, 0.6) is 0 Å². The Kier molecular flexibility index (Phi) is 3.33. The predicted octanol–water partition coefficient (Wildman–Crippen LogP) is 5.31. The van der Waals surface area contributed by atoms with Crippen LogP contribution in [-0.4, -0.2) is 0 Å². The smallest absolute Gasteiger partial charge is 0.129 e. The second-order valence-corrected chi connectivity index (χ2v) is 7.43. The molecule has 0 atom stereocenters. The van der Waals surface area contributed by atoms with Gasteiger partial charge in [-0.3, -0.25) is 0 Å². The predicted molar refractivity (Wildman–Crippen MR) is 85.1 cm³/mol. The van der Waals surface area contributed by atoms with Crippen LogP contribution >= 0.6 is 45.6 Å². The van der Waals surface area contributed by atoms with Crippen molar-refractivity contribution in [2.75, 3.05) is 5.73 Å². The van der Waals surface area contributed by atoms with Gasteiger partial charge in [0.25, 0.3) is 0 Å². The number of nitriles is 1. The molecule has 6 heteroatoms. The fourth-order valence-electron chi connectivity index (χ4n) is 1.80. The average molecular weight is 323 g/mol. The molecule has 0 unspecified atom stereocenters. The zero-order valence-corrected chi connectivity index (χ0v) is 12.7. The highest BCUT2D eigenvalue weighted by atomic mass is 35.5. The SMILES string of the molecule is N#Cc1sc(-c2ccc(Cl)s2)c(-c2cccs2)c1N. The Hall–Kier alpha value is -1.32. The van der Waals surface area contributed by atoms with E-state index in [1.807, 2.05) is 29.6 Å². The van der Waals surface area contributed by atoms with Crippen molar-refractivity contribution in [3.05, 3.63) is 38.9 Å². The molecule has 19 heavy (non-hydrogen) atoms. The topological polar surface area (TPSA) is 49.8 Å². The molecule has 0 aliphatic rings. The summed E-state index contributed by atoms with van der Waals surface area (Å²) in [6, 6.07) is 9.99. The van der Waals surface area contributed by atoms with Crippen molar-refractivity contribution in [3.63, 3.8) is 0 Å². The molecule has 2 nitrogen and oxygen atoms in total. The van der Waals surface area contributed by atoms with Crippen LogP contribution in [-0.2, 0) is 0 Å². The molecule has 0 amide bonds. The third-order valence-electron chi connectivity index (χ3n) is 2.61. The summed E-state index contributed by atoms with van der Waals surface area (Å²) in [5, 5.41) is 11.2. The zero-order chi connectivity index (χ0) is 13.4. The summed E-state index contributed by atoms with van der Waals surface area (Å²) in [6.07, 6.45) is 0. The Balaban J connectivity index is 2.27. The number of nitrogen functional groups attached to an aromatic ring is 1. The van der Waals surface area contributed by atoms with Crippen LogP contribution in [0.15, 0.2) is 29.6 Å². The van der Waals surface area contributed by atoms with E-state index in [4.69, 9.17) is 22.6 Å². The first kappa shape index (κ1) is 12.7. The second-order valence-electron chi connectivity index (χ2n) is 3.74. The first-order valence-corrected chi connectivity index (χ1v) is 8.21. The monoisotopic (exact) mass is 322 g/mol. The van der Waals surface area contributed by atoms with E-state index < -0.39 is 0 Å². The lowest BCUT2D eigenvalue weighted by atomic mass is 10.1. The Labute approximate surface area is 127 Å². The van der Waals surface area contributed by atoms with Gasteiger partial charge in [0, 0.05) is 15.3 Å². The molecule has 0 radical (unpaired) electrons. The fraction of sp³-hybridized carbons (Fsp3) is 0. The number of rotatable bonds is 2. The van der Waals surface area contributed by atoms with Crippen molar-refractivity contribution in [2.24, 2.45) is 0 Å². The highest BCUT2D eigenvalue weighted by Crippen LogP contribution is 2.48. The van der Waals surface area contributed by atoms with Gasteiger partial charge in [-0.15, -0.1) is 34.0 Å². The molecular weight excluding hydrogens is 316 g/mol. The van der Waals surface area contributed by atoms with E-state index >= 15 is 0 Å². The van der Waals surface area contributed by atoms with E-state index in [0.29, 0.717) is 10.6 Å². The summed E-state index contributed by atoms with van der Waals surface area (Å²) < 4.78 is 0.734. The summed E-state index contributed by atoms with van der Waals surface area (Å²) in [4.78, 5) is 3.71. The van der Waals surface area contributed by atoms with Gasteiger partial charge in [-0.05, 0) is 23.6 Å². The number of nitrogens with two attached hydrogens (primary N) is 1. The van der Waals surface area contributed by atoms with Crippen LogP contribution < -0.4 is 5.73 Å². The highest BCUT2D eigenvalue weighted by Gasteiger charge is 2.20. The molecule has 0 spiro atoms. The average Bonchev–Trinajstić information content (AvgIpc) is 3.08.